The highest BCUT2D eigenvalue weighted by atomic mass is 16.6. The molecule has 5 heteroatoms. The number of nitrogens with one attached hydrogen (secondary N) is 1. The summed E-state index contributed by atoms with van der Waals surface area (Å²) in [6.07, 6.45) is 1.80. The van der Waals surface area contributed by atoms with Crippen molar-refractivity contribution < 1.29 is 14.6 Å². The molecule has 2 fully saturated rings. The van der Waals surface area contributed by atoms with Gasteiger partial charge in [-0.25, -0.2) is 4.79 Å². The van der Waals surface area contributed by atoms with Crippen LogP contribution in [0.1, 0.15) is 12.8 Å². The number of aliphatic hydroxyl groups excluding tert-OH is 1. The number of rotatable bonds is 3. The number of amides is 1. The van der Waals surface area contributed by atoms with E-state index in [9.17, 15) is 4.79 Å². The van der Waals surface area contributed by atoms with Crippen LogP contribution in [0, 0.1) is 0 Å². The van der Waals surface area contributed by atoms with Gasteiger partial charge in [-0.05, 0) is 19.4 Å². The predicted octanol–water partition coefficient (Wildman–Crippen LogP) is -0.449. The number of ether oxygens (including phenoxy) is 1. The molecular weight excluding hydrogens is 184 g/mol. The summed E-state index contributed by atoms with van der Waals surface area (Å²) < 4.78 is 5.04. The maximum absolute atomic E-state index is 10.8. The molecule has 0 aromatic rings. The topological polar surface area (TPSA) is 61.8 Å². The van der Waals surface area contributed by atoms with Crippen molar-refractivity contribution in [2.75, 3.05) is 26.2 Å². The highest BCUT2D eigenvalue weighted by Gasteiger charge is 2.30. The minimum Gasteiger partial charge on any atom is -0.443 e. The third-order valence-electron chi connectivity index (χ3n) is 2.90. The number of likely N-dealkylation sites (tertiary alicyclic amines) is 1. The van der Waals surface area contributed by atoms with Crippen molar-refractivity contribution in [3.63, 3.8) is 0 Å². The molecule has 2 aliphatic heterocycles. The Morgan fingerprint density at radius 1 is 1.64 bits per heavy atom. The van der Waals surface area contributed by atoms with E-state index in [1.54, 1.807) is 0 Å². The molecule has 2 saturated heterocycles. The van der Waals surface area contributed by atoms with Crippen LogP contribution in [-0.2, 0) is 4.74 Å². The van der Waals surface area contributed by atoms with Crippen molar-refractivity contribution in [2.45, 2.75) is 25.0 Å². The lowest BCUT2D eigenvalue weighted by molar-refractivity contribution is 0.0879. The number of nitrogens with zero attached hydrogens (tertiary/aromatic N) is 1. The summed E-state index contributed by atoms with van der Waals surface area (Å²) in [5, 5.41) is 11.7. The number of hydrogen-bond acceptors (Lipinski definition) is 4. The van der Waals surface area contributed by atoms with Gasteiger partial charge in [-0.2, -0.15) is 0 Å². The first kappa shape index (κ1) is 9.73. The SMILES string of the molecule is O=C1NC[C@H](CN2CCC[C@@H]2CO)O1. The molecule has 1 amide bonds. The fourth-order valence-corrected chi connectivity index (χ4v) is 2.14. The number of aliphatic hydroxyl groups is 1. The Morgan fingerprint density at radius 2 is 2.50 bits per heavy atom. The van der Waals surface area contributed by atoms with Gasteiger partial charge in [0.2, 0.25) is 0 Å². The van der Waals surface area contributed by atoms with E-state index in [-0.39, 0.29) is 24.8 Å². The van der Waals surface area contributed by atoms with E-state index >= 15 is 0 Å². The molecule has 80 valence electrons. The standard InChI is InChI=1S/C9H16N2O3/c12-6-7-2-1-3-11(7)5-8-4-10-9(13)14-8/h7-8,12H,1-6H2,(H,10,13)/t7-,8-/m1/s1. The molecule has 0 aromatic heterocycles. The van der Waals surface area contributed by atoms with E-state index in [0.29, 0.717) is 6.54 Å². The van der Waals surface area contributed by atoms with Crippen LogP contribution in [-0.4, -0.2) is 54.5 Å². The second kappa shape index (κ2) is 4.14. The average molecular weight is 200 g/mol. The lowest BCUT2D eigenvalue weighted by Gasteiger charge is -2.24. The van der Waals surface area contributed by atoms with Crippen molar-refractivity contribution >= 4 is 6.09 Å². The Hall–Kier alpha value is -0.810. The highest BCUT2D eigenvalue weighted by molar-refractivity contribution is 5.69. The molecule has 0 spiro atoms. The predicted molar refractivity (Wildman–Crippen MR) is 50.0 cm³/mol. The molecule has 0 unspecified atom stereocenters. The van der Waals surface area contributed by atoms with Crippen LogP contribution in [0.5, 0.6) is 0 Å². The zero-order valence-corrected chi connectivity index (χ0v) is 8.11. The second-order valence-corrected chi connectivity index (χ2v) is 3.88. The molecule has 2 N–H and O–H groups in total. The highest BCUT2D eigenvalue weighted by Crippen LogP contribution is 2.17. The molecule has 2 rings (SSSR count). The number of carbonyl (C=O) groups is 1. The van der Waals surface area contributed by atoms with E-state index < -0.39 is 0 Å². The molecule has 0 aliphatic carbocycles. The van der Waals surface area contributed by atoms with Gasteiger partial charge in [0.15, 0.2) is 0 Å². The molecule has 0 bridgehead atoms. The van der Waals surface area contributed by atoms with Gasteiger partial charge in [0.05, 0.1) is 13.2 Å². The van der Waals surface area contributed by atoms with E-state index in [2.05, 4.69) is 10.2 Å². The van der Waals surface area contributed by atoms with Crippen LogP contribution in [0.3, 0.4) is 0 Å². The summed E-state index contributed by atoms with van der Waals surface area (Å²) in [6, 6.07) is 0.259. The summed E-state index contributed by atoms with van der Waals surface area (Å²) >= 11 is 0. The normalized spacial score (nSPS) is 33.1. The quantitative estimate of drug-likeness (QED) is 0.648. The molecule has 0 saturated carbocycles. The Balaban J connectivity index is 1.81. The molecule has 0 aromatic carbocycles. The third-order valence-corrected chi connectivity index (χ3v) is 2.90. The smallest absolute Gasteiger partial charge is 0.407 e. The monoisotopic (exact) mass is 200 g/mol. The Kier molecular flexibility index (Phi) is 2.88. The second-order valence-electron chi connectivity index (χ2n) is 3.88. The van der Waals surface area contributed by atoms with Crippen LogP contribution < -0.4 is 5.32 Å². The average Bonchev–Trinajstić information content (AvgIpc) is 2.76. The molecule has 2 aliphatic rings. The van der Waals surface area contributed by atoms with Gasteiger partial charge in [0.25, 0.3) is 0 Å². The van der Waals surface area contributed by atoms with Crippen LogP contribution >= 0.6 is 0 Å². The van der Waals surface area contributed by atoms with E-state index in [1.807, 2.05) is 0 Å². The van der Waals surface area contributed by atoms with Gasteiger partial charge in [-0.3, -0.25) is 4.90 Å². The van der Waals surface area contributed by atoms with Crippen molar-refractivity contribution in [1.29, 1.82) is 0 Å². The van der Waals surface area contributed by atoms with Crippen LogP contribution in [0.4, 0.5) is 4.79 Å². The van der Waals surface area contributed by atoms with Gasteiger partial charge in [0.1, 0.15) is 6.10 Å². The van der Waals surface area contributed by atoms with E-state index in [4.69, 9.17) is 9.84 Å². The number of carbonyl (C=O) groups excluding carboxylic acids is 1. The molecule has 5 nitrogen and oxygen atoms in total. The van der Waals surface area contributed by atoms with E-state index in [0.717, 1.165) is 25.9 Å². The van der Waals surface area contributed by atoms with Crippen LogP contribution in [0.25, 0.3) is 0 Å². The number of hydrogen-bond donors (Lipinski definition) is 2. The lowest BCUT2D eigenvalue weighted by Crippen LogP contribution is -2.39. The first-order valence-electron chi connectivity index (χ1n) is 5.09. The number of cyclic esters (lactones) is 1. The molecule has 2 heterocycles. The molecule has 0 radical (unpaired) electrons. The number of alkyl carbamates (subject to hydrolysis) is 1. The third kappa shape index (κ3) is 1.99. The minimum atomic E-state index is -0.324. The summed E-state index contributed by atoms with van der Waals surface area (Å²) in [6.45, 7) is 2.53. The van der Waals surface area contributed by atoms with Gasteiger partial charge in [-0.15, -0.1) is 0 Å². The summed E-state index contributed by atoms with van der Waals surface area (Å²) in [5.41, 5.74) is 0. The summed E-state index contributed by atoms with van der Waals surface area (Å²) in [5.74, 6) is 0. The summed E-state index contributed by atoms with van der Waals surface area (Å²) in [7, 11) is 0. The minimum absolute atomic E-state index is 0.0466. The zero-order chi connectivity index (χ0) is 9.97. The Bertz CT molecular complexity index is 222. The first-order valence-corrected chi connectivity index (χ1v) is 5.09. The summed E-state index contributed by atoms with van der Waals surface area (Å²) in [4.78, 5) is 13.0. The maximum atomic E-state index is 10.8. The van der Waals surface area contributed by atoms with E-state index in [1.165, 1.54) is 0 Å². The largest absolute Gasteiger partial charge is 0.443 e. The first-order chi connectivity index (χ1) is 6.79. The van der Waals surface area contributed by atoms with Crippen molar-refractivity contribution in [3.8, 4) is 0 Å². The van der Waals surface area contributed by atoms with Gasteiger partial charge in [0, 0.05) is 12.6 Å². The van der Waals surface area contributed by atoms with Gasteiger partial charge < -0.3 is 15.2 Å². The van der Waals surface area contributed by atoms with Crippen molar-refractivity contribution in [1.82, 2.24) is 10.2 Å². The Labute approximate surface area is 83.0 Å². The van der Waals surface area contributed by atoms with Gasteiger partial charge in [-0.1, -0.05) is 0 Å². The van der Waals surface area contributed by atoms with Crippen molar-refractivity contribution in [3.05, 3.63) is 0 Å². The molecule has 14 heavy (non-hydrogen) atoms. The van der Waals surface area contributed by atoms with Crippen LogP contribution in [0.15, 0.2) is 0 Å². The lowest BCUT2D eigenvalue weighted by atomic mass is 10.2. The van der Waals surface area contributed by atoms with Crippen LogP contribution in [0.2, 0.25) is 0 Å². The Morgan fingerprint density at radius 3 is 3.14 bits per heavy atom. The maximum Gasteiger partial charge on any atom is 0.407 e. The fourth-order valence-electron chi connectivity index (χ4n) is 2.14. The molecular formula is C9H16N2O3. The fraction of sp³-hybridized carbons (Fsp3) is 0.889. The van der Waals surface area contributed by atoms with Gasteiger partial charge >= 0.3 is 6.09 Å². The molecule has 2 atom stereocenters. The van der Waals surface area contributed by atoms with Crippen molar-refractivity contribution in [2.24, 2.45) is 0 Å². The zero-order valence-electron chi connectivity index (χ0n) is 8.11.